The summed E-state index contributed by atoms with van der Waals surface area (Å²) in [4.78, 5) is 24.4. The zero-order valence-corrected chi connectivity index (χ0v) is 19.5. The molecular formula is C26H28N4O5. The van der Waals surface area contributed by atoms with Crippen molar-refractivity contribution in [2.75, 3.05) is 19.7 Å². The van der Waals surface area contributed by atoms with Crippen molar-refractivity contribution in [2.24, 2.45) is 7.05 Å². The lowest BCUT2D eigenvalue weighted by Gasteiger charge is -2.24. The van der Waals surface area contributed by atoms with Gasteiger partial charge < -0.3 is 24.9 Å². The summed E-state index contributed by atoms with van der Waals surface area (Å²) in [6.45, 7) is 4.17. The number of fused-ring (bicyclic) bond motifs is 1. The van der Waals surface area contributed by atoms with Gasteiger partial charge in [-0.25, -0.2) is 4.79 Å². The van der Waals surface area contributed by atoms with E-state index in [0.29, 0.717) is 30.5 Å². The lowest BCUT2D eigenvalue weighted by Crippen LogP contribution is -2.46. The molecule has 9 nitrogen and oxygen atoms in total. The Bertz CT molecular complexity index is 1320. The van der Waals surface area contributed by atoms with E-state index in [2.05, 4.69) is 23.3 Å². The quantitative estimate of drug-likeness (QED) is 0.442. The second kappa shape index (κ2) is 10.3. The Balaban J connectivity index is 1.39. The minimum Gasteiger partial charge on any atom is -0.408 e. The van der Waals surface area contributed by atoms with Crippen molar-refractivity contribution in [3.63, 3.8) is 0 Å². The Hall–Kier alpha value is -3.71. The molecule has 2 unspecified atom stereocenters. The molecule has 9 heteroatoms. The number of benzene rings is 2. The van der Waals surface area contributed by atoms with Crippen LogP contribution in [0.4, 0.5) is 0 Å². The molecule has 0 spiro atoms. The van der Waals surface area contributed by atoms with E-state index in [1.807, 2.05) is 36.4 Å². The molecule has 3 atom stereocenters. The van der Waals surface area contributed by atoms with Crippen LogP contribution >= 0.6 is 0 Å². The molecule has 1 saturated heterocycles. The van der Waals surface area contributed by atoms with Crippen molar-refractivity contribution < 1.29 is 19.1 Å². The Morgan fingerprint density at radius 3 is 2.83 bits per heavy atom. The van der Waals surface area contributed by atoms with Gasteiger partial charge >= 0.3 is 5.76 Å². The normalized spacial score (nSPS) is 21.1. The maximum absolute atomic E-state index is 12.7. The summed E-state index contributed by atoms with van der Waals surface area (Å²) < 4.78 is 12.3. The summed E-state index contributed by atoms with van der Waals surface area (Å²) in [7, 11) is 1.66. The molecule has 4 rings (SSSR count). The third-order valence-electron chi connectivity index (χ3n) is 6.14. The van der Waals surface area contributed by atoms with E-state index in [4.69, 9.17) is 9.15 Å². The van der Waals surface area contributed by atoms with Crippen molar-refractivity contribution >= 4 is 17.0 Å². The van der Waals surface area contributed by atoms with E-state index in [1.165, 1.54) is 4.57 Å². The highest BCUT2D eigenvalue weighted by Gasteiger charge is 2.33. The molecule has 1 amide bonds. The van der Waals surface area contributed by atoms with Gasteiger partial charge in [-0.05, 0) is 35.2 Å². The highest BCUT2D eigenvalue weighted by molar-refractivity contribution is 5.82. The fourth-order valence-electron chi connectivity index (χ4n) is 4.14. The van der Waals surface area contributed by atoms with Gasteiger partial charge in [-0.1, -0.05) is 36.4 Å². The molecular weight excluding hydrogens is 448 g/mol. The number of aromatic nitrogens is 1. The molecule has 1 aliphatic heterocycles. The molecule has 2 heterocycles. The van der Waals surface area contributed by atoms with Crippen LogP contribution in [-0.2, 0) is 23.0 Å². The monoisotopic (exact) mass is 476 g/mol. The number of hydrogen-bond donors (Lipinski definition) is 3. The van der Waals surface area contributed by atoms with E-state index >= 15 is 0 Å². The predicted octanol–water partition coefficient (Wildman–Crippen LogP) is 1.64. The van der Waals surface area contributed by atoms with Crippen LogP contribution in [0.15, 0.2) is 64.3 Å². The van der Waals surface area contributed by atoms with Crippen molar-refractivity contribution in [1.82, 2.24) is 15.2 Å². The number of β-amino-alcohol motifs (C(OH)–C–C–N with tert-alkyl or cyclic N) is 1. The van der Waals surface area contributed by atoms with Crippen molar-refractivity contribution in [1.29, 1.82) is 5.26 Å². The smallest absolute Gasteiger partial charge is 0.408 e. The molecule has 1 aliphatic rings. The first kappa shape index (κ1) is 24.4. The van der Waals surface area contributed by atoms with Crippen molar-refractivity contribution in [3.8, 4) is 17.2 Å². The highest BCUT2D eigenvalue weighted by atomic mass is 16.5. The predicted molar refractivity (Wildman–Crippen MR) is 131 cm³/mol. The molecule has 0 radical (unpaired) electrons. The van der Waals surface area contributed by atoms with Crippen LogP contribution < -0.4 is 16.4 Å². The van der Waals surface area contributed by atoms with Crippen LogP contribution in [-0.4, -0.2) is 53.0 Å². The number of aryl methyl sites for hydroxylation is 1. The highest BCUT2D eigenvalue weighted by Crippen LogP contribution is 2.24. The number of nitrogens with zero attached hydrogens (tertiary/aromatic N) is 2. The number of ether oxygens (including phenoxy) is 1. The Labute approximate surface area is 202 Å². The number of amides is 1. The van der Waals surface area contributed by atoms with Gasteiger partial charge in [0, 0.05) is 26.6 Å². The average molecular weight is 477 g/mol. The standard InChI is InChI=1S/C26H28N4O5/c1-3-10-26(33)15-28-14-23(34-16-26)24(31)29-20(13-27)11-17-4-6-18(7-5-17)19-8-9-22-21(12-19)30(2)25(32)35-22/h3-9,12,20,23,28,33H,1,10-11,14-16H2,2H3,(H,29,31)/t20-,23?,26?/m0/s1. The molecule has 0 saturated carbocycles. The molecule has 1 aromatic heterocycles. The second-order valence-corrected chi connectivity index (χ2v) is 8.85. The molecule has 0 bridgehead atoms. The lowest BCUT2D eigenvalue weighted by atomic mass is 10.0. The van der Waals surface area contributed by atoms with Crippen LogP contribution in [0.3, 0.4) is 0 Å². The molecule has 1 fully saturated rings. The zero-order chi connectivity index (χ0) is 25.0. The van der Waals surface area contributed by atoms with Crippen LogP contribution in [0.2, 0.25) is 0 Å². The fraction of sp³-hybridized carbons (Fsp3) is 0.346. The maximum Gasteiger partial charge on any atom is 0.419 e. The number of nitrogens with one attached hydrogen (secondary N) is 2. The van der Waals surface area contributed by atoms with Gasteiger partial charge in [0.25, 0.3) is 5.91 Å². The molecule has 0 aliphatic carbocycles. The zero-order valence-electron chi connectivity index (χ0n) is 19.5. The number of aliphatic hydroxyl groups is 1. The summed E-state index contributed by atoms with van der Waals surface area (Å²) in [5, 5.41) is 25.9. The number of carbonyl (C=O) groups excluding carboxylic acids is 1. The van der Waals surface area contributed by atoms with E-state index in [1.54, 1.807) is 19.2 Å². The number of carbonyl (C=O) groups is 1. The molecule has 2 aromatic carbocycles. The van der Waals surface area contributed by atoms with Gasteiger partial charge in [-0.15, -0.1) is 6.58 Å². The van der Waals surface area contributed by atoms with E-state index in [-0.39, 0.29) is 13.2 Å². The van der Waals surface area contributed by atoms with Crippen LogP contribution in [0, 0.1) is 11.3 Å². The molecule has 35 heavy (non-hydrogen) atoms. The minimum atomic E-state index is -1.11. The minimum absolute atomic E-state index is 0.00155. The first-order valence-electron chi connectivity index (χ1n) is 11.4. The first-order valence-corrected chi connectivity index (χ1v) is 11.4. The largest absolute Gasteiger partial charge is 0.419 e. The second-order valence-electron chi connectivity index (χ2n) is 8.85. The van der Waals surface area contributed by atoms with E-state index in [9.17, 15) is 20.0 Å². The molecule has 3 N–H and O–H groups in total. The third-order valence-corrected chi connectivity index (χ3v) is 6.14. The third kappa shape index (κ3) is 5.52. The summed E-state index contributed by atoms with van der Waals surface area (Å²) in [6.07, 6.45) is 1.49. The van der Waals surface area contributed by atoms with Gasteiger partial charge in [0.2, 0.25) is 0 Å². The Kier molecular flexibility index (Phi) is 7.17. The maximum atomic E-state index is 12.7. The summed E-state index contributed by atoms with van der Waals surface area (Å²) >= 11 is 0. The van der Waals surface area contributed by atoms with Gasteiger partial charge in [0.15, 0.2) is 5.58 Å². The van der Waals surface area contributed by atoms with Gasteiger partial charge in [-0.2, -0.15) is 5.26 Å². The Morgan fingerprint density at radius 1 is 1.37 bits per heavy atom. The van der Waals surface area contributed by atoms with Crippen LogP contribution in [0.5, 0.6) is 0 Å². The van der Waals surface area contributed by atoms with Crippen molar-refractivity contribution in [2.45, 2.75) is 30.6 Å². The first-order chi connectivity index (χ1) is 16.8. The van der Waals surface area contributed by atoms with Gasteiger partial charge in [0.1, 0.15) is 17.7 Å². The SMILES string of the molecule is C=CCC1(O)CNCC(C(=O)N[C@H](C#N)Cc2ccc(-c3ccc4oc(=O)n(C)c4c3)cc2)OC1. The summed E-state index contributed by atoms with van der Waals surface area (Å²) in [5.41, 5.74) is 2.90. The number of rotatable bonds is 7. The van der Waals surface area contributed by atoms with Crippen LogP contribution in [0.1, 0.15) is 12.0 Å². The summed E-state index contributed by atoms with van der Waals surface area (Å²) in [5.74, 6) is -0.808. The van der Waals surface area contributed by atoms with E-state index in [0.717, 1.165) is 16.7 Å². The Morgan fingerprint density at radius 2 is 2.11 bits per heavy atom. The summed E-state index contributed by atoms with van der Waals surface area (Å²) in [6, 6.07) is 14.6. The fourth-order valence-corrected chi connectivity index (χ4v) is 4.14. The van der Waals surface area contributed by atoms with Gasteiger partial charge in [-0.3, -0.25) is 9.36 Å². The molecule has 3 aromatic rings. The number of nitriles is 1. The average Bonchev–Trinajstić information content (AvgIpc) is 3.00. The topological polar surface area (TPSA) is 130 Å². The van der Waals surface area contributed by atoms with Crippen molar-refractivity contribution in [3.05, 3.63) is 71.2 Å². The lowest BCUT2D eigenvalue weighted by molar-refractivity contribution is -0.135. The van der Waals surface area contributed by atoms with Gasteiger partial charge in [0.05, 0.1) is 18.2 Å². The van der Waals surface area contributed by atoms with E-state index < -0.39 is 29.4 Å². The molecule has 182 valence electrons. The van der Waals surface area contributed by atoms with Crippen LogP contribution in [0.25, 0.3) is 22.2 Å². The number of hydrogen-bond acceptors (Lipinski definition) is 7. The number of oxazole rings is 1.